The first kappa shape index (κ1) is 17.2. The number of rotatable bonds is 8. The predicted molar refractivity (Wildman–Crippen MR) is 85.5 cm³/mol. The number of nitrogens with one attached hydrogen (secondary N) is 1. The highest BCUT2D eigenvalue weighted by molar-refractivity contribution is 7.14. The van der Waals surface area contributed by atoms with Gasteiger partial charge in [0.1, 0.15) is 0 Å². The van der Waals surface area contributed by atoms with E-state index in [4.69, 9.17) is 5.11 Å². The first-order valence-electron chi connectivity index (χ1n) is 7.38. The molecule has 0 atom stereocenters. The third kappa shape index (κ3) is 5.25. The zero-order valence-electron chi connectivity index (χ0n) is 13.1. The predicted octanol–water partition coefficient (Wildman–Crippen LogP) is 3.54. The Morgan fingerprint density at radius 3 is 2.75 bits per heavy atom. The quantitative estimate of drug-likeness (QED) is 0.771. The minimum absolute atomic E-state index is 0.0247. The summed E-state index contributed by atoms with van der Waals surface area (Å²) in [6.45, 7) is 9.32. The van der Waals surface area contributed by atoms with Crippen molar-refractivity contribution in [2.45, 2.75) is 53.4 Å². The van der Waals surface area contributed by atoms with Gasteiger partial charge in [0.05, 0.1) is 4.88 Å². The highest BCUT2D eigenvalue weighted by Gasteiger charge is 2.19. The number of aliphatic hydroxyl groups is 1. The van der Waals surface area contributed by atoms with Crippen LogP contribution in [0.3, 0.4) is 0 Å². The second kappa shape index (κ2) is 7.79. The molecule has 0 fully saturated rings. The summed E-state index contributed by atoms with van der Waals surface area (Å²) in [4.78, 5) is 14.2. The Morgan fingerprint density at radius 1 is 1.45 bits per heavy atom. The Kier molecular flexibility index (Phi) is 6.69. The summed E-state index contributed by atoms with van der Waals surface area (Å²) in [7, 11) is 0. The molecule has 1 aromatic heterocycles. The molecule has 4 heteroatoms. The molecule has 1 rings (SSSR count). The van der Waals surface area contributed by atoms with Crippen molar-refractivity contribution in [3.05, 3.63) is 21.4 Å². The number of amides is 1. The maximum Gasteiger partial charge on any atom is 0.261 e. The normalized spacial score (nSPS) is 11.7. The van der Waals surface area contributed by atoms with Crippen LogP contribution in [0.4, 0.5) is 0 Å². The van der Waals surface area contributed by atoms with Gasteiger partial charge >= 0.3 is 0 Å². The van der Waals surface area contributed by atoms with Gasteiger partial charge in [-0.1, -0.05) is 27.2 Å². The lowest BCUT2D eigenvalue weighted by Gasteiger charge is -2.24. The van der Waals surface area contributed by atoms with E-state index in [1.807, 2.05) is 6.07 Å². The molecule has 1 heterocycles. The van der Waals surface area contributed by atoms with Crippen molar-refractivity contribution in [2.75, 3.05) is 13.2 Å². The molecule has 0 aliphatic heterocycles. The number of aryl methyl sites for hydroxylation is 2. The molecule has 20 heavy (non-hydrogen) atoms. The van der Waals surface area contributed by atoms with Crippen LogP contribution in [-0.2, 0) is 6.42 Å². The molecule has 0 radical (unpaired) electrons. The van der Waals surface area contributed by atoms with Gasteiger partial charge in [-0.3, -0.25) is 4.79 Å². The summed E-state index contributed by atoms with van der Waals surface area (Å²) < 4.78 is 0. The van der Waals surface area contributed by atoms with Gasteiger partial charge in [0.2, 0.25) is 0 Å². The van der Waals surface area contributed by atoms with E-state index in [9.17, 15) is 4.79 Å². The number of hydrogen-bond acceptors (Lipinski definition) is 3. The van der Waals surface area contributed by atoms with Crippen LogP contribution in [0.2, 0.25) is 0 Å². The molecule has 114 valence electrons. The number of carbonyl (C=O) groups excluding carboxylic acids is 1. The Hall–Kier alpha value is -0.870. The van der Waals surface area contributed by atoms with Crippen LogP contribution in [0, 0.1) is 12.3 Å². The van der Waals surface area contributed by atoms with Gasteiger partial charge in [-0.25, -0.2) is 0 Å². The fourth-order valence-corrected chi connectivity index (χ4v) is 3.19. The second-order valence-corrected chi connectivity index (χ2v) is 7.37. The highest BCUT2D eigenvalue weighted by Crippen LogP contribution is 2.24. The lowest BCUT2D eigenvalue weighted by Crippen LogP contribution is -2.33. The molecular weight excluding hydrogens is 270 g/mol. The molecule has 1 aromatic rings. The van der Waals surface area contributed by atoms with Crippen molar-refractivity contribution in [3.8, 4) is 0 Å². The van der Waals surface area contributed by atoms with E-state index in [0.29, 0.717) is 6.54 Å². The van der Waals surface area contributed by atoms with Crippen LogP contribution >= 0.6 is 11.3 Å². The van der Waals surface area contributed by atoms with Crippen molar-refractivity contribution in [1.82, 2.24) is 5.32 Å². The molecule has 0 aliphatic rings. The van der Waals surface area contributed by atoms with Crippen molar-refractivity contribution in [3.63, 3.8) is 0 Å². The van der Waals surface area contributed by atoms with E-state index < -0.39 is 0 Å². The first-order valence-corrected chi connectivity index (χ1v) is 8.19. The number of carbonyl (C=O) groups is 1. The van der Waals surface area contributed by atoms with Crippen LogP contribution < -0.4 is 5.32 Å². The van der Waals surface area contributed by atoms with Gasteiger partial charge in [0, 0.05) is 18.0 Å². The highest BCUT2D eigenvalue weighted by atomic mass is 32.1. The minimum atomic E-state index is 0.0247. The molecule has 0 bridgehead atoms. The fraction of sp³-hybridized carbons (Fsp3) is 0.688. The van der Waals surface area contributed by atoms with Gasteiger partial charge in [-0.2, -0.15) is 0 Å². The number of hydrogen-bond donors (Lipinski definition) is 2. The number of thiophene rings is 1. The van der Waals surface area contributed by atoms with Crippen molar-refractivity contribution in [1.29, 1.82) is 0 Å². The van der Waals surface area contributed by atoms with Crippen LogP contribution in [0.15, 0.2) is 6.07 Å². The summed E-state index contributed by atoms with van der Waals surface area (Å²) in [5, 5.41) is 11.9. The molecule has 0 saturated carbocycles. The monoisotopic (exact) mass is 297 g/mol. The standard InChI is InChI=1S/C16H27NO2S/c1-5-7-13-10-14(20-12(13)2)15(19)17-11-16(3,4)8-6-9-18/h10,18H,5-9,11H2,1-4H3,(H,17,19). The van der Waals surface area contributed by atoms with Gasteiger partial charge in [0.25, 0.3) is 5.91 Å². The van der Waals surface area contributed by atoms with E-state index in [1.54, 1.807) is 11.3 Å². The van der Waals surface area contributed by atoms with Crippen LogP contribution in [0.1, 0.15) is 60.1 Å². The van der Waals surface area contributed by atoms with E-state index in [-0.39, 0.29) is 17.9 Å². The molecule has 1 amide bonds. The topological polar surface area (TPSA) is 49.3 Å². The molecular formula is C16H27NO2S. The number of aliphatic hydroxyl groups excluding tert-OH is 1. The molecule has 0 aromatic carbocycles. The zero-order chi connectivity index (χ0) is 15.2. The summed E-state index contributed by atoms with van der Waals surface area (Å²) in [6.07, 6.45) is 3.83. The molecule has 3 nitrogen and oxygen atoms in total. The van der Waals surface area contributed by atoms with Gasteiger partial charge in [0.15, 0.2) is 0 Å². The van der Waals surface area contributed by atoms with E-state index in [2.05, 4.69) is 33.0 Å². The molecule has 0 unspecified atom stereocenters. The minimum Gasteiger partial charge on any atom is -0.396 e. The maximum absolute atomic E-state index is 12.2. The SMILES string of the molecule is CCCc1cc(C(=O)NCC(C)(C)CCCO)sc1C. The Labute approximate surface area is 126 Å². The van der Waals surface area contributed by atoms with Crippen LogP contribution in [0.5, 0.6) is 0 Å². The lowest BCUT2D eigenvalue weighted by molar-refractivity contribution is 0.0937. The smallest absolute Gasteiger partial charge is 0.261 e. The van der Waals surface area contributed by atoms with Gasteiger partial charge in [-0.05, 0) is 43.2 Å². The third-order valence-electron chi connectivity index (χ3n) is 3.50. The van der Waals surface area contributed by atoms with E-state index >= 15 is 0 Å². The van der Waals surface area contributed by atoms with Crippen molar-refractivity contribution < 1.29 is 9.90 Å². The summed E-state index contributed by atoms with van der Waals surface area (Å²) in [5.41, 5.74) is 1.32. The zero-order valence-corrected chi connectivity index (χ0v) is 13.9. The van der Waals surface area contributed by atoms with Gasteiger partial charge < -0.3 is 10.4 Å². The molecule has 0 aliphatic carbocycles. The third-order valence-corrected chi connectivity index (χ3v) is 4.59. The molecule has 0 spiro atoms. The van der Waals surface area contributed by atoms with Gasteiger partial charge in [-0.15, -0.1) is 11.3 Å². The van der Waals surface area contributed by atoms with Crippen LogP contribution in [0.25, 0.3) is 0 Å². The Morgan fingerprint density at radius 2 is 2.15 bits per heavy atom. The van der Waals surface area contributed by atoms with Crippen LogP contribution in [-0.4, -0.2) is 24.2 Å². The average molecular weight is 297 g/mol. The Balaban J connectivity index is 2.56. The summed E-state index contributed by atoms with van der Waals surface area (Å²) >= 11 is 1.58. The second-order valence-electron chi connectivity index (χ2n) is 6.12. The summed E-state index contributed by atoms with van der Waals surface area (Å²) in [5.74, 6) is 0.0255. The van der Waals surface area contributed by atoms with E-state index in [0.717, 1.165) is 30.6 Å². The maximum atomic E-state index is 12.2. The summed E-state index contributed by atoms with van der Waals surface area (Å²) in [6, 6.07) is 2.03. The Bertz CT molecular complexity index is 438. The lowest BCUT2D eigenvalue weighted by atomic mass is 9.88. The van der Waals surface area contributed by atoms with Crippen molar-refractivity contribution in [2.24, 2.45) is 5.41 Å². The fourth-order valence-electron chi connectivity index (χ4n) is 2.20. The van der Waals surface area contributed by atoms with Crippen molar-refractivity contribution >= 4 is 17.2 Å². The van der Waals surface area contributed by atoms with E-state index in [1.165, 1.54) is 10.4 Å². The largest absolute Gasteiger partial charge is 0.396 e. The molecule has 2 N–H and O–H groups in total. The average Bonchev–Trinajstić information content (AvgIpc) is 2.76. The first-order chi connectivity index (χ1) is 9.39. The molecule has 0 saturated heterocycles.